The fourth-order valence-corrected chi connectivity index (χ4v) is 2.04. The van der Waals surface area contributed by atoms with Crippen molar-refractivity contribution in [3.63, 3.8) is 0 Å². The lowest BCUT2D eigenvalue weighted by molar-refractivity contribution is 0.107. The van der Waals surface area contributed by atoms with Gasteiger partial charge in [-0.15, -0.1) is 11.8 Å². The van der Waals surface area contributed by atoms with Crippen molar-refractivity contribution < 1.29 is 14.6 Å². The minimum Gasteiger partial charge on any atom is -0.493 e. The molecule has 0 aliphatic rings. The van der Waals surface area contributed by atoms with Crippen LogP contribution in [0, 0.1) is 0 Å². The van der Waals surface area contributed by atoms with Crippen LogP contribution in [0.5, 0.6) is 11.5 Å². The van der Waals surface area contributed by atoms with Gasteiger partial charge in [0.2, 0.25) is 0 Å². The van der Waals surface area contributed by atoms with Crippen molar-refractivity contribution >= 4 is 11.8 Å². The van der Waals surface area contributed by atoms with E-state index in [-0.39, 0.29) is 0 Å². The second-order valence-electron chi connectivity index (χ2n) is 4.12. The first kappa shape index (κ1) is 13.2. The topological polar surface area (TPSA) is 38.7 Å². The molecule has 0 unspecified atom stereocenters. The van der Waals surface area contributed by atoms with Gasteiger partial charge < -0.3 is 14.6 Å². The molecule has 0 saturated carbocycles. The summed E-state index contributed by atoms with van der Waals surface area (Å²) in [5, 5.41) is 9.63. The molecule has 0 saturated heterocycles. The molecule has 0 aromatic heterocycles. The largest absolute Gasteiger partial charge is 0.493 e. The molecule has 1 rings (SSSR count). The molecule has 0 heterocycles. The average molecular weight is 242 g/mol. The van der Waals surface area contributed by atoms with E-state index in [9.17, 15) is 5.11 Å². The summed E-state index contributed by atoms with van der Waals surface area (Å²) in [4.78, 5) is 1.06. The van der Waals surface area contributed by atoms with Gasteiger partial charge in [0.1, 0.15) is 0 Å². The molecule has 4 heteroatoms. The Labute approximate surface area is 101 Å². The van der Waals surface area contributed by atoms with E-state index in [1.165, 1.54) is 0 Å². The fourth-order valence-electron chi connectivity index (χ4n) is 1.17. The summed E-state index contributed by atoms with van der Waals surface area (Å²) < 4.78 is 10.4. The number of hydrogen-bond acceptors (Lipinski definition) is 4. The first-order valence-corrected chi connectivity index (χ1v) is 6.02. The van der Waals surface area contributed by atoms with Crippen molar-refractivity contribution in [3.8, 4) is 11.5 Å². The van der Waals surface area contributed by atoms with Crippen molar-refractivity contribution in [1.82, 2.24) is 0 Å². The van der Waals surface area contributed by atoms with Crippen LogP contribution in [0.25, 0.3) is 0 Å². The normalized spacial score (nSPS) is 11.3. The van der Waals surface area contributed by atoms with Crippen LogP contribution in [0.1, 0.15) is 13.8 Å². The second-order valence-corrected chi connectivity index (χ2v) is 5.17. The highest BCUT2D eigenvalue weighted by Crippen LogP contribution is 2.32. The molecule has 90 valence electrons. The van der Waals surface area contributed by atoms with Crippen LogP contribution in [-0.4, -0.2) is 30.7 Å². The summed E-state index contributed by atoms with van der Waals surface area (Å²) in [7, 11) is 3.23. The molecule has 1 aromatic rings. The monoisotopic (exact) mass is 242 g/mol. The number of methoxy groups -OCH3 is 2. The summed E-state index contributed by atoms with van der Waals surface area (Å²) >= 11 is 1.59. The maximum absolute atomic E-state index is 9.63. The SMILES string of the molecule is COc1ccc(SCC(C)(C)O)cc1OC. The Morgan fingerprint density at radius 2 is 1.81 bits per heavy atom. The van der Waals surface area contributed by atoms with E-state index in [4.69, 9.17) is 9.47 Å². The van der Waals surface area contributed by atoms with Crippen molar-refractivity contribution in [2.45, 2.75) is 24.3 Å². The zero-order chi connectivity index (χ0) is 12.2. The zero-order valence-electron chi connectivity index (χ0n) is 10.1. The minimum atomic E-state index is -0.669. The molecule has 0 aliphatic heterocycles. The van der Waals surface area contributed by atoms with Gasteiger partial charge in [0.15, 0.2) is 11.5 Å². The summed E-state index contributed by atoms with van der Waals surface area (Å²) in [6.07, 6.45) is 0. The first-order valence-electron chi connectivity index (χ1n) is 5.03. The molecule has 16 heavy (non-hydrogen) atoms. The molecule has 1 aromatic carbocycles. The first-order chi connectivity index (χ1) is 7.46. The number of hydrogen-bond donors (Lipinski definition) is 1. The van der Waals surface area contributed by atoms with E-state index in [1.54, 1.807) is 39.8 Å². The molecule has 0 atom stereocenters. The Morgan fingerprint density at radius 3 is 2.31 bits per heavy atom. The highest BCUT2D eigenvalue weighted by atomic mass is 32.2. The lowest BCUT2D eigenvalue weighted by Gasteiger charge is -2.16. The molecule has 0 aliphatic carbocycles. The summed E-state index contributed by atoms with van der Waals surface area (Å²) in [5.74, 6) is 2.07. The van der Waals surface area contributed by atoms with E-state index >= 15 is 0 Å². The molecule has 0 radical (unpaired) electrons. The predicted octanol–water partition coefficient (Wildman–Crippen LogP) is 2.57. The van der Waals surface area contributed by atoms with Gasteiger partial charge in [-0.25, -0.2) is 0 Å². The highest BCUT2D eigenvalue weighted by molar-refractivity contribution is 7.99. The number of benzene rings is 1. The minimum absolute atomic E-state index is 0.641. The Morgan fingerprint density at radius 1 is 1.19 bits per heavy atom. The van der Waals surface area contributed by atoms with Gasteiger partial charge in [0.05, 0.1) is 19.8 Å². The Kier molecular flexibility index (Phi) is 4.50. The van der Waals surface area contributed by atoms with Gasteiger partial charge >= 0.3 is 0 Å². The second kappa shape index (κ2) is 5.46. The van der Waals surface area contributed by atoms with Crippen LogP contribution in [0.4, 0.5) is 0 Å². The zero-order valence-corrected chi connectivity index (χ0v) is 10.9. The van der Waals surface area contributed by atoms with E-state index < -0.39 is 5.60 Å². The molecule has 0 bridgehead atoms. The third kappa shape index (κ3) is 3.94. The number of rotatable bonds is 5. The van der Waals surface area contributed by atoms with Crippen LogP contribution < -0.4 is 9.47 Å². The van der Waals surface area contributed by atoms with Gasteiger partial charge in [-0.3, -0.25) is 0 Å². The number of aliphatic hydroxyl groups is 1. The Balaban J connectivity index is 2.75. The van der Waals surface area contributed by atoms with Gasteiger partial charge in [-0.2, -0.15) is 0 Å². The standard InChI is InChI=1S/C12H18O3S/c1-12(2,13)8-16-9-5-6-10(14-3)11(7-9)15-4/h5-7,13H,8H2,1-4H3. The Bertz CT molecular complexity index is 345. The summed E-state index contributed by atoms with van der Waals surface area (Å²) in [6.45, 7) is 3.58. The maximum Gasteiger partial charge on any atom is 0.161 e. The summed E-state index contributed by atoms with van der Waals surface area (Å²) in [5.41, 5.74) is -0.669. The summed E-state index contributed by atoms with van der Waals surface area (Å²) in [6, 6.07) is 5.73. The molecule has 0 amide bonds. The van der Waals surface area contributed by atoms with Crippen molar-refractivity contribution in [1.29, 1.82) is 0 Å². The van der Waals surface area contributed by atoms with Crippen LogP contribution in [0.3, 0.4) is 0 Å². The van der Waals surface area contributed by atoms with Crippen molar-refractivity contribution in [3.05, 3.63) is 18.2 Å². The quantitative estimate of drug-likeness (QED) is 0.805. The average Bonchev–Trinajstić information content (AvgIpc) is 2.25. The van der Waals surface area contributed by atoms with Gasteiger partial charge in [-0.1, -0.05) is 0 Å². The molecule has 1 N–H and O–H groups in total. The molecule has 0 fully saturated rings. The van der Waals surface area contributed by atoms with E-state index in [1.807, 2.05) is 18.2 Å². The van der Waals surface area contributed by atoms with E-state index in [2.05, 4.69) is 0 Å². The van der Waals surface area contributed by atoms with Crippen LogP contribution in [0.2, 0.25) is 0 Å². The van der Waals surface area contributed by atoms with Gasteiger partial charge in [0, 0.05) is 10.6 Å². The maximum atomic E-state index is 9.63. The van der Waals surface area contributed by atoms with E-state index in [0.29, 0.717) is 11.5 Å². The fraction of sp³-hybridized carbons (Fsp3) is 0.500. The van der Waals surface area contributed by atoms with Crippen LogP contribution in [-0.2, 0) is 0 Å². The molecule has 3 nitrogen and oxygen atoms in total. The number of thioether (sulfide) groups is 1. The Hall–Kier alpha value is -0.870. The highest BCUT2D eigenvalue weighted by Gasteiger charge is 2.13. The lowest BCUT2D eigenvalue weighted by Crippen LogP contribution is -2.21. The van der Waals surface area contributed by atoms with Gasteiger partial charge in [0.25, 0.3) is 0 Å². The predicted molar refractivity (Wildman–Crippen MR) is 66.6 cm³/mol. The molecular formula is C12H18O3S. The van der Waals surface area contributed by atoms with Gasteiger partial charge in [-0.05, 0) is 32.0 Å². The smallest absolute Gasteiger partial charge is 0.161 e. The van der Waals surface area contributed by atoms with Crippen molar-refractivity contribution in [2.75, 3.05) is 20.0 Å². The van der Waals surface area contributed by atoms with Crippen LogP contribution >= 0.6 is 11.8 Å². The third-order valence-electron chi connectivity index (χ3n) is 1.95. The molecule has 0 spiro atoms. The third-order valence-corrected chi connectivity index (χ3v) is 3.39. The lowest BCUT2D eigenvalue weighted by atomic mass is 10.2. The van der Waals surface area contributed by atoms with Crippen molar-refractivity contribution in [2.24, 2.45) is 0 Å². The van der Waals surface area contributed by atoms with E-state index in [0.717, 1.165) is 10.6 Å². The van der Waals surface area contributed by atoms with Crippen LogP contribution in [0.15, 0.2) is 23.1 Å². The number of ether oxygens (including phenoxy) is 2. The molecular weight excluding hydrogens is 224 g/mol.